The van der Waals surface area contributed by atoms with Gasteiger partial charge in [0.05, 0.1) is 18.7 Å². The zero-order valence-corrected chi connectivity index (χ0v) is 18.5. The van der Waals surface area contributed by atoms with Crippen molar-refractivity contribution in [1.29, 1.82) is 0 Å². The molecule has 0 spiro atoms. The van der Waals surface area contributed by atoms with Gasteiger partial charge in [0, 0.05) is 21.4 Å². The number of halogens is 1. The molecule has 0 saturated carbocycles. The zero-order chi connectivity index (χ0) is 20.4. The van der Waals surface area contributed by atoms with Crippen molar-refractivity contribution in [3.63, 3.8) is 0 Å². The Hall–Kier alpha value is -2.38. The number of rotatable bonds is 4. The number of ether oxygens (including phenoxy) is 1. The van der Waals surface area contributed by atoms with Gasteiger partial charge in [-0.2, -0.15) is 0 Å². The van der Waals surface area contributed by atoms with E-state index in [0.29, 0.717) is 22.1 Å². The van der Waals surface area contributed by atoms with Crippen molar-refractivity contribution in [1.82, 2.24) is 10.6 Å². The second-order valence-electron chi connectivity index (χ2n) is 6.73. The van der Waals surface area contributed by atoms with E-state index in [4.69, 9.17) is 17.0 Å². The highest BCUT2D eigenvalue weighted by Gasteiger charge is 2.32. The Morgan fingerprint density at radius 1 is 1.18 bits per heavy atom. The summed E-state index contributed by atoms with van der Waals surface area (Å²) in [5.74, 6) is 0.481. The van der Waals surface area contributed by atoms with E-state index in [0.717, 1.165) is 26.9 Å². The van der Waals surface area contributed by atoms with Gasteiger partial charge in [-0.3, -0.25) is 4.79 Å². The fraction of sp³-hybridized carbons (Fsp3) is 0.238. The van der Waals surface area contributed by atoms with Gasteiger partial charge in [-0.05, 0) is 62.8 Å². The summed E-state index contributed by atoms with van der Waals surface area (Å²) in [6.45, 7) is 5.85. The average molecular weight is 460 g/mol. The van der Waals surface area contributed by atoms with Crippen LogP contribution in [0.4, 0.5) is 5.69 Å². The molecular weight excluding hydrogens is 438 g/mol. The van der Waals surface area contributed by atoms with Crippen molar-refractivity contribution in [2.45, 2.75) is 26.8 Å². The molecule has 3 N–H and O–H groups in total. The van der Waals surface area contributed by atoms with E-state index in [1.807, 2.05) is 57.2 Å². The van der Waals surface area contributed by atoms with Gasteiger partial charge in [0.15, 0.2) is 5.11 Å². The first-order valence-electron chi connectivity index (χ1n) is 8.80. The van der Waals surface area contributed by atoms with Crippen LogP contribution < -0.4 is 20.7 Å². The minimum Gasteiger partial charge on any atom is -0.496 e. The van der Waals surface area contributed by atoms with Gasteiger partial charge in [0.1, 0.15) is 5.75 Å². The van der Waals surface area contributed by atoms with Gasteiger partial charge in [-0.25, -0.2) is 0 Å². The summed E-state index contributed by atoms with van der Waals surface area (Å²) in [5.41, 5.74) is 5.03. The third-order valence-corrected chi connectivity index (χ3v) is 5.36. The van der Waals surface area contributed by atoms with Crippen LogP contribution in [0.2, 0.25) is 0 Å². The molecule has 2 aromatic rings. The van der Waals surface area contributed by atoms with Crippen molar-refractivity contribution in [3.05, 3.63) is 68.8 Å². The number of amides is 1. The molecule has 1 aliphatic rings. The first-order chi connectivity index (χ1) is 13.3. The maximum atomic E-state index is 13.2. The first kappa shape index (κ1) is 20.4. The van der Waals surface area contributed by atoms with Gasteiger partial charge >= 0.3 is 0 Å². The van der Waals surface area contributed by atoms with Crippen LogP contribution in [0.3, 0.4) is 0 Å². The van der Waals surface area contributed by atoms with Gasteiger partial charge in [-0.1, -0.05) is 33.6 Å². The van der Waals surface area contributed by atoms with Crippen molar-refractivity contribution in [2.75, 3.05) is 12.4 Å². The number of hydrogen-bond acceptors (Lipinski definition) is 3. The van der Waals surface area contributed by atoms with Crippen LogP contribution in [0.25, 0.3) is 0 Å². The van der Waals surface area contributed by atoms with Gasteiger partial charge in [0.2, 0.25) is 0 Å². The zero-order valence-electron chi connectivity index (χ0n) is 16.1. The molecule has 0 unspecified atom stereocenters. The molecule has 0 aromatic heterocycles. The predicted octanol–water partition coefficient (Wildman–Crippen LogP) is 4.51. The van der Waals surface area contributed by atoms with Crippen molar-refractivity contribution in [2.24, 2.45) is 0 Å². The summed E-state index contributed by atoms with van der Waals surface area (Å²) >= 11 is 8.84. The molecule has 1 aliphatic heterocycles. The first-order valence-corrected chi connectivity index (χ1v) is 10.0. The monoisotopic (exact) mass is 459 g/mol. The number of benzene rings is 2. The normalized spacial score (nSPS) is 16.3. The quantitative estimate of drug-likeness (QED) is 0.587. The lowest BCUT2D eigenvalue weighted by Crippen LogP contribution is -2.45. The Bertz CT molecular complexity index is 988. The van der Waals surface area contributed by atoms with E-state index >= 15 is 0 Å². The molecule has 0 fully saturated rings. The number of carbonyl (C=O) groups is 1. The lowest BCUT2D eigenvalue weighted by Gasteiger charge is -2.31. The second kappa shape index (κ2) is 8.32. The average Bonchev–Trinajstić information content (AvgIpc) is 2.63. The molecule has 3 rings (SSSR count). The molecule has 5 nitrogen and oxygen atoms in total. The molecule has 1 amide bonds. The third kappa shape index (κ3) is 4.20. The molecule has 0 bridgehead atoms. The number of carbonyl (C=O) groups excluding carboxylic acids is 1. The number of anilines is 1. The highest BCUT2D eigenvalue weighted by Crippen LogP contribution is 2.35. The lowest BCUT2D eigenvalue weighted by atomic mass is 9.94. The van der Waals surface area contributed by atoms with Crippen molar-refractivity contribution in [3.8, 4) is 5.75 Å². The predicted molar refractivity (Wildman–Crippen MR) is 120 cm³/mol. The summed E-state index contributed by atoms with van der Waals surface area (Å²) in [7, 11) is 1.61. The van der Waals surface area contributed by atoms with Crippen LogP contribution in [0.15, 0.2) is 52.1 Å². The molecular formula is C21H22BrN3O2S. The van der Waals surface area contributed by atoms with E-state index in [1.54, 1.807) is 7.11 Å². The Balaban J connectivity index is 2.03. The van der Waals surface area contributed by atoms with E-state index in [9.17, 15) is 4.79 Å². The minimum absolute atomic E-state index is 0.195. The number of methoxy groups -OCH3 is 1. The molecule has 0 saturated heterocycles. The summed E-state index contributed by atoms with van der Waals surface area (Å²) in [6.07, 6.45) is 0. The van der Waals surface area contributed by atoms with Gasteiger partial charge < -0.3 is 20.7 Å². The summed E-state index contributed by atoms with van der Waals surface area (Å²) in [4.78, 5) is 13.2. The number of allylic oxidation sites excluding steroid dienone is 1. The number of nitrogens with one attached hydrogen (secondary N) is 3. The Morgan fingerprint density at radius 2 is 1.93 bits per heavy atom. The molecule has 0 aliphatic carbocycles. The fourth-order valence-corrected chi connectivity index (χ4v) is 3.95. The molecule has 28 heavy (non-hydrogen) atoms. The van der Waals surface area contributed by atoms with E-state index in [2.05, 4.69) is 31.9 Å². The standard InChI is InChI=1S/C21H22BrN3O2S/c1-11-5-7-16(12(2)9-11)24-20(26)18-13(3)23-21(28)25-19(18)15-10-14(22)6-8-17(15)27-4/h5-10,19H,1-4H3,(H,24,26)(H2,23,25,28)/t19-/m0/s1. The maximum Gasteiger partial charge on any atom is 0.255 e. The highest BCUT2D eigenvalue weighted by atomic mass is 79.9. The fourth-order valence-electron chi connectivity index (χ4n) is 3.30. The Morgan fingerprint density at radius 3 is 2.61 bits per heavy atom. The maximum absolute atomic E-state index is 13.2. The smallest absolute Gasteiger partial charge is 0.255 e. The Labute approximate surface area is 178 Å². The van der Waals surface area contributed by atoms with Gasteiger partial charge in [0.25, 0.3) is 5.91 Å². The van der Waals surface area contributed by atoms with Crippen LogP contribution in [0, 0.1) is 13.8 Å². The van der Waals surface area contributed by atoms with Crippen molar-refractivity contribution >= 4 is 44.9 Å². The summed E-state index contributed by atoms with van der Waals surface area (Å²) in [5, 5.41) is 9.76. The molecule has 146 valence electrons. The van der Waals surface area contributed by atoms with Crippen molar-refractivity contribution < 1.29 is 9.53 Å². The van der Waals surface area contributed by atoms with Crippen LogP contribution in [-0.2, 0) is 4.79 Å². The highest BCUT2D eigenvalue weighted by molar-refractivity contribution is 9.10. The molecule has 1 heterocycles. The van der Waals surface area contributed by atoms with E-state index in [1.165, 1.54) is 0 Å². The topological polar surface area (TPSA) is 62.4 Å². The molecule has 7 heteroatoms. The SMILES string of the molecule is COc1ccc(Br)cc1[C@@H]1NC(=S)NC(C)=C1C(=O)Nc1ccc(C)cc1C. The number of aryl methyl sites for hydroxylation is 2. The summed E-state index contributed by atoms with van der Waals surface area (Å²) in [6, 6.07) is 11.2. The van der Waals surface area contributed by atoms with Gasteiger partial charge in [-0.15, -0.1) is 0 Å². The molecule has 0 radical (unpaired) electrons. The largest absolute Gasteiger partial charge is 0.496 e. The van der Waals surface area contributed by atoms with Crippen LogP contribution in [-0.4, -0.2) is 18.1 Å². The minimum atomic E-state index is -0.438. The molecule has 2 aromatic carbocycles. The number of hydrogen-bond donors (Lipinski definition) is 3. The van der Waals surface area contributed by atoms with E-state index < -0.39 is 6.04 Å². The van der Waals surface area contributed by atoms with Crippen LogP contribution >= 0.6 is 28.1 Å². The third-order valence-electron chi connectivity index (χ3n) is 4.65. The number of thiocarbonyl (C=S) groups is 1. The Kier molecular flexibility index (Phi) is 6.05. The lowest BCUT2D eigenvalue weighted by molar-refractivity contribution is -0.113. The molecule has 1 atom stereocenters. The second-order valence-corrected chi connectivity index (χ2v) is 8.05. The van der Waals surface area contributed by atoms with E-state index in [-0.39, 0.29) is 5.91 Å². The van der Waals surface area contributed by atoms with Crippen LogP contribution in [0.5, 0.6) is 5.75 Å². The summed E-state index contributed by atoms with van der Waals surface area (Å²) < 4.78 is 6.41. The van der Waals surface area contributed by atoms with Crippen LogP contribution in [0.1, 0.15) is 29.7 Å².